The highest BCUT2D eigenvalue weighted by Gasteiger charge is 2.57. The molecule has 1 N–H and O–H groups in total. The van der Waals surface area contributed by atoms with Gasteiger partial charge in [-0.25, -0.2) is 9.59 Å². The summed E-state index contributed by atoms with van der Waals surface area (Å²) in [5.41, 5.74) is -0.370. The van der Waals surface area contributed by atoms with E-state index in [0.29, 0.717) is 16.5 Å². The summed E-state index contributed by atoms with van der Waals surface area (Å²) >= 11 is 0. The zero-order valence-corrected chi connectivity index (χ0v) is 32.3. The van der Waals surface area contributed by atoms with Crippen molar-refractivity contribution in [3.63, 3.8) is 0 Å². The van der Waals surface area contributed by atoms with Gasteiger partial charge in [-0.15, -0.1) is 0 Å². The second kappa shape index (κ2) is 15.4. The van der Waals surface area contributed by atoms with Gasteiger partial charge in [0.15, 0.2) is 0 Å². The number of ether oxygens (including phenoxy) is 2. The molecule has 53 heavy (non-hydrogen) atoms. The smallest absolute Gasteiger partial charge is 0.411 e. The summed E-state index contributed by atoms with van der Waals surface area (Å²) in [6.07, 6.45) is -0.918. The predicted molar refractivity (Wildman–Crippen MR) is 197 cm³/mol. The molecule has 0 spiro atoms. The second-order valence-corrected chi connectivity index (χ2v) is 17.6. The summed E-state index contributed by atoms with van der Waals surface area (Å²) in [5, 5.41) is 4.13. The van der Waals surface area contributed by atoms with Crippen LogP contribution < -0.4 is 5.32 Å². The van der Waals surface area contributed by atoms with Crippen LogP contribution >= 0.6 is 7.60 Å². The summed E-state index contributed by atoms with van der Waals surface area (Å²) in [4.78, 5) is 71.6. The van der Waals surface area contributed by atoms with Gasteiger partial charge in [-0.05, 0) is 83.4 Å². The van der Waals surface area contributed by atoms with E-state index in [1.165, 1.54) is 14.2 Å². The Hall–Kier alpha value is -4.58. The predicted octanol–water partition coefficient (Wildman–Crippen LogP) is 6.33. The first-order valence-electron chi connectivity index (χ1n) is 17.5. The van der Waals surface area contributed by atoms with E-state index in [0.717, 1.165) is 20.7 Å². The Morgan fingerprint density at radius 3 is 1.92 bits per heavy atom. The molecule has 13 nitrogen and oxygen atoms in total. The maximum absolute atomic E-state index is 14.4. The van der Waals surface area contributed by atoms with E-state index in [2.05, 4.69) is 5.32 Å². The highest BCUT2D eigenvalue weighted by Crippen LogP contribution is 2.60. The summed E-state index contributed by atoms with van der Waals surface area (Å²) in [6, 6.07) is 17.1. The van der Waals surface area contributed by atoms with Gasteiger partial charge in [0, 0.05) is 43.7 Å². The number of hydrogen-bond acceptors (Lipinski definition) is 10. The van der Waals surface area contributed by atoms with E-state index in [1.807, 2.05) is 42.5 Å². The molecule has 0 saturated carbocycles. The highest BCUT2D eigenvalue weighted by atomic mass is 31.2. The largest absolute Gasteiger partial charge is 0.458 e. The van der Waals surface area contributed by atoms with Crippen LogP contribution in [0.2, 0.25) is 0 Å². The van der Waals surface area contributed by atoms with Crippen LogP contribution in [-0.2, 0) is 39.1 Å². The molecule has 5 rings (SSSR count). The third-order valence-electron chi connectivity index (χ3n) is 9.18. The third kappa shape index (κ3) is 8.64. The average Bonchev–Trinajstić information content (AvgIpc) is 3.49. The number of benzene rings is 3. The van der Waals surface area contributed by atoms with Gasteiger partial charge in [0.05, 0.1) is 0 Å². The first kappa shape index (κ1) is 39.6. The maximum Gasteiger partial charge on any atom is 0.411 e. The van der Waals surface area contributed by atoms with Gasteiger partial charge in [-0.3, -0.25) is 28.7 Å². The number of imide groups is 1. The number of nitrogens with zero attached hydrogens (tertiary/aromatic N) is 2. The number of amides is 4. The van der Waals surface area contributed by atoms with Crippen molar-refractivity contribution in [3.05, 3.63) is 83.4 Å². The monoisotopic (exact) mass is 749 g/mol. The average molecular weight is 750 g/mol. The molecule has 0 bridgehead atoms. The van der Waals surface area contributed by atoms with Crippen molar-refractivity contribution in [2.75, 3.05) is 20.8 Å². The molecule has 2 aliphatic rings. The van der Waals surface area contributed by atoms with Crippen LogP contribution in [0.3, 0.4) is 0 Å². The number of hydrogen-bond donors (Lipinski definition) is 1. The van der Waals surface area contributed by atoms with E-state index < -0.39 is 72.4 Å². The minimum atomic E-state index is -4.20. The second-order valence-electron chi connectivity index (χ2n) is 15.3. The lowest BCUT2D eigenvalue weighted by molar-refractivity contribution is -0.158. The first-order chi connectivity index (χ1) is 24.9. The fraction of sp³-hybridized carbons (Fsp3) is 0.462. The van der Waals surface area contributed by atoms with E-state index in [1.54, 1.807) is 65.8 Å². The van der Waals surface area contributed by atoms with Gasteiger partial charge in [-0.1, -0.05) is 54.6 Å². The zero-order chi connectivity index (χ0) is 38.9. The molecule has 14 heteroatoms. The molecule has 4 amide bonds. The molecule has 3 aromatic rings. The molecule has 0 unspecified atom stereocenters. The number of likely N-dealkylation sites (tertiary alicyclic amines) is 1. The summed E-state index contributed by atoms with van der Waals surface area (Å²) in [7, 11) is -1.85. The van der Waals surface area contributed by atoms with Crippen molar-refractivity contribution in [1.82, 2.24) is 15.1 Å². The third-order valence-corrected chi connectivity index (χ3v) is 11.5. The van der Waals surface area contributed by atoms with Gasteiger partial charge in [0.25, 0.3) is 11.8 Å². The lowest BCUT2D eigenvalue weighted by Crippen LogP contribution is -2.54. The fourth-order valence-corrected chi connectivity index (χ4v) is 8.88. The molecule has 3 aromatic carbocycles. The van der Waals surface area contributed by atoms with E-state index in [-0.39, 0.29) is 25.8 Å². The normalized spacial score (nSPS) is 19.7. The fourth-order valence-electron chi connectivity index (χ4n) is 6.95. The van der Waals surface area contributed by atoms with Crippen LogP contribution in [0, 0.1) is 5.92 Å². The van der Waals surface area contributed by atoms with Crippen LogP contribution in [0.25, 0.3) is 10.8 Å². The van der Waals surface area contributed by atoms with E-state index in [9.17, 15) is 28.5 Å². The molecule has 0 radical (unpaired) electrons. The Morgan fingerprint density at radius 1 is 0.830 bits per heavy atom. The van der Waals surface area contributed by atoms with Gasteiger partial charge < -0.3 is 23.8 Å². The van der Waals surface area contributed by atoms with Crippen molar-refractivity contribution < 1.29 is 47.1 Å². The van der Waals surface area contributed by atoms with Gasteiger partial charge in [0.1, 0.15) is 29.1 Å². The highest BCUT2D eigenvalue weighted by molar-refractivity contribution is 7.54. The van der Waals surface area contributed by atoms with E-state index in [4.69, 9.17) is 18.5 Å². The van der Waals surface area contributed by atoms with Crippen molar-refractivity contribution in [2.45, 2.75) is 89.9 Å². The van der Waals surface area contributed by atoms with Gasteiger partial charge in [-0.2, -0.15) is 0 Å². The van der Waals surface area contributed by atoms with Crippen molar-refractivity contribution >= 4 is 48.2 Å². The molecular formula is C39H48N3O10P. The molecule has 1 fully saturated rings. The SMILES string of the molecule is COP(=O)(OC)[C@@H]1[C@@H](CCN2C(=O)c3cccc4cccc(c34)C2=O)C[C@@H](C(=O)N[C@@H](Cc2ccccc2)C(=O)OC(C)(C)C)N1C(=O)OC(C)(C)C. The standard InChI is InChI=1S/C39H48N3O10P/c1-38(2,3)51-36(46)29(22-24-14-10-9-11-15-24)40-32(43)30-23-26(35(53(48,49-7)50-8)42(30)37(47)52-39(4,5)6)20-21-41-33(44)27-18-12-16-25-17-13-19-28(31(25)27)34(41)45/h9-19,26,29-30,35H,20-23H2,1-8H3,(H,40,43)/t26-,29-,30-,35+/m0/s1. The zero-order valence-electron chi connectivity index (χ0n) is 31.4. The Labute approximate surface area is 309 Å². The van der Waals surface area contributed by atoms with Crippen LogP contribution in [-0.4, -0.2) is 89.4 Å². The minimum Gasteiger partial charge on any atom is -0.458 e. The lowest BCUT2D eigenvalue weighted by Gasteiger charge is -2.36. The maximum atomic E-state index is 14.4. The Balaban J connectivity index is 1.50. The number of carbonyl (C=O) groups excluding carboxylic acids is 5. The first-order valence-corrected chi connectivity index (χ1v) is 19.2. The van der Waals surface area contributed by atoms with Crippen molar-refractivity contribution in [2.24, 2.45) is 5.92 Å². The molecule has 0 aromatic heterocycles. The molecular weight excluding hydrogens is 701 g/mol. The topological polar surface area (TPSA) is 158 Å². The van der Waals surface area contributed by atoms with Crippen LogP contribution in [0.1, 0.15) is 80.7 Å². The van der Waals surface area contributed by atoms with Crippen molar-refractivity contribution in [3.8, 4) is 0 Å². The summed E-state index contributed by atoms with van der Waals surface area (Å²) < 4.78 is 36.7. The molecule has 284 valence electrons. The molecule has 2 aliphatic heterocycles. The number of carbonyl (C=O) groups is 5. The molecule has 2 heterocycles. The van der Waals surface area contributed by atoms with Gasteiger partial charge >= 0.3 is 19.7 Å². The quantitative estimate of drug-likeness (QED) is 0.133. The molecule has 4 atom stereocenters. The van der Waals surface area contributed by atoms with Crippen LogP contribution in [0.4, 0.5) is 4.79 Å². The van der Waals surface area contributed by atoms with Crippen LogP contribution in [0.5, 0.6) is 0 Å². The number of rotatable bonds is 11. The minimum absolute atomic E-state index is 0.0274. The number of nitrogens with one attached hydrogen (secondary N) is 1. The van der Waals surface area contributed by atoms with Gasteiger partial charge in [0.2, 0.25) is 5.91 Å². The lowest BCUT2D eigenvalue weighted by atomic mass is 9.93. The summed E-state index contributed by atoms with van der Waals surface area (Å²) in [5.74, 6) is -4.54. The van der Waals surface area contributed by atoms with E-state index >= 15 is 0 Å². The Kier molecular flexibility index (Phi) is 11.5. The van der Waals surface area contributed by atoms with Crippen molar-refractivity contribution in [1.29, 1.82) is 0 Å². The Bertz CT molecular complexity index is 1880. The number of esters is 1. The molecule has 0 aliphatic carbocycles. The molecule has 1 saturated heterocycles. The Morgan fingerprint density at radius 2 is 1.40 bits per heavy atom. The summed E-state index contributed by atoms with van der Waals surface area (Å²) in [6.45, 7) is 9.98. The van der Waals surface area contributed by atoms with Crippen LogP contribution in [0.15, 0.2) is 66.7 Å².